The molecule has 0 spiro atoms. The van der Waals surface area contributed by atoms with E-state index in [1.54, 1.807) is 37.3 Å². The Morgan fingerprint density at radius 1 is 1.03 bits per heavy atom. The van der Waals surface area contributed by atoms with Gasteiger partial charge in [0.05, 0.1) is 5.69 Å². The molecule has 0 fully saturated rings. The summed E-state index contributed by atoms with van der Waals surface area (Å²) in [4.78, 5) is 12.3. The van der Waals surface area contributed by atoms with Crippen LogP contribution in [0.1, 0.15) is 19.5 Å². The van der Waals surface area contributed by atoms with Crippen molar-refractivity contribution in [3.63, 3.8) is 0 Å². The van der Waals surface area contributed by atoms with Crippen LogP contribution in [0, 0.1) is 11.3 Å². The van der Waals surface area contributed by atoms with Gasteiger partial charge < -0.3 is 18.9 Å². The molecule has 2 atom stereocenters. The zero-order chi connectivity index (χ0) is 26.5. The molecule has 1 aromatic heterocycles. The summed E-state index contributed by atoms with van der Waals surface area (Å²) in [7, 11) is -2.06. The van der Waals surface area contributed by atoms with Gasteiger partial charge in [-0.25, -0.2) is 4.68 Å². The number of para-hydroxylation sites is 1. The molecule has 0 bridgehead atoms. The van der Waals surface area contributed by atoms with Crippen LogP contribution in [-0.4, -0.2) is 49.6 Å². The molecule has 3 aromatic rings. The molecule has 0 aliphatic heterocycles. The second-order valence-electron chi connectivity index (χ2n) is 7.21. The van der Waals surface area contributed by atoms with Gasteiger partial charge in [-0.05, 0) is 32.0 Å². The number of nitrogens with zero attached hydrogens (tertiary/aromatic N) is 4. The van der Waals surface area contributed by atoms with Crippen LogP contribution in [0.2, 0.25) is 0 Å². The van der Waals surface area contributed by atoms with Crippen LogP contribution in [0.25, 0.3) is 5.69 Å². The fraction of sp³-hybridized carbons (Fsp3) is 0.273. The van der Waals surface area contributed by atoms with E-state index in [1.165, 1.54) is 21.1 Å². The molecular weight excluding hydrogens is 494 g/mol. The largest absolute Gasteiger partial charge is 0.464 e. The highest BCUT2D eigenvalue weighted by Gasteiger charge is 2.24. The minimum absolute atomic E-state index is 0.0452. The number of nitriles is 1. The van der Waals surface area contributed by atoms with Gasteiger partial charge in [0, 0.05) is 20.3 Å². The number of azo groups is 1. The number of rotatable bonds is 10. The topological polar surface area (TPSA) is 178 Å². The van der Waals surface area contributed by atoms with Gasteiger partial charge in [0.25, 0.3) is 15.7 Å². The van der Waals surface area contributed by atoms with Crippen LogP contribution in [0.3, 0.4) is 0 Å². The van der Waals surface area contributed by atoms with Crippen molar-refractivity contribution in [3.05, 3.63) is 58.5 Å². The lowest BCUT2D eigenvalue weighted by molar-refractivity contribution is -0.0435. The van der Waals surface area contributed by atoms with Crippen molar-refractivity contribution >= 4 is 21.5 Å². The smallest absolute Gasteiger partial charge is 0.300 e. The number of hydrogen-bond acceptors (Lipinski definition) is 10. The Labute approximate surface area is 206 Å². The number of H-pyrrole nitrogens is 1. The van der Waals surface area contributed by atoms with Gasteiger partial charge in [0.15, 0.2) is 29.7 Å². The van der Waals surface area contributed by atoms with Crippen molar-refractivity contribution < 1.29 is 31.9 Å². The van der Waals surface area contributed by atoms with Crippen molar-refractivity contribution in [1.82, 2.24) is 9.78 Å². The standard InChI is InChI=1S/C22H23N5O8S/c1-13(32-3)34-18-11-19(35-14(2)33-4)20(36(29,30)31)10-16(18)24-25-21-17(12-23)26-27(22(21)28)15-8-6-5-7-9-15/h5-11,13-14,26H,1-4H3,(H,29,30,31). The van der Waals surface area contributed by atoms with Gasteiger partial charge in [0.1, 0.15) is 22.4 Å². The molecule has 2 aromatic carbocycles. The maximum absolute atomic E-state index is 12.9. The van der Waals surface area contributed by atoms with E-state index in [2.05, 4.69) is 15.3 Å². The van der Waals surface area contributed by atoms with Crippen LogP contribution < -0.4 is 15.0 Å². The van der Waals surface area contributed by atoms with Crippen molar-refractivity contribution in [2.45, 2.75) is 31.3 Å². The monoisotopic (exact) mass is 517 g/mol. The molecule has 0 radical (unpaired) electrons. The lowest BCUT2D eigenvalue weighted by Crippen LogP contribution is -2.17. The van der Waals surface area contributed by atoms with Gasteiger partial charge in [-0.3, -0.25) is 14.4 Å². The van der Waals surface area contributed by atoms with Crippen molar-refractivity contribution in [3.8, 4) is 23.3 Å². The Balaban J connectivity index is 2.17. The molecule has 3 rings (SSSR count). The first-order valence-electron chi connectivity index (χ1n) is 10.4. The molecule has 0 saturated carbocycles. The van der Waals surface area contributed by atoms with E-state index in [-0.39, 0.29) is 28.6 Å². The lowest BCUT2D eigenvalue weighted by atomic mass is 10.2. The summed E-state index contributed by atoms with van der Waals surface area (Å²) >= 11 is 0. The van der Waals surface area contributed by atoms with E-state index in [4.69, 9.17) is 18.9 Å². The fourth-order valence-electron chi connectivity index (χ4n) is 2.91. The van der Waals surface area contributed by atoms with Crippen LogP contribution in [-0.2, 0) is 19.6 Å². The van der Waals surface area contributed by atoms with Crippen LogP contribution in [0.5, 0.6) is 11.5 Å². The van der Waals surface area contributed by atoms with E-state index >= 15 is 0 Å². The van der Waals surface area contributed by atoms with Gasteiger partial charge in [-0.15, -0.1) is 10.2 Å². The summed E-state index contributed by atoms with van der Waals surface area (Å²) < 4.78 is 56.1. The number of ether oxygens (including phenoxy) is 4. The van der Waals surface area contributed by atoms with Gasteiger partial charge in [-0.1, -0.05) is 18.2 Å². The third-order valence-corrected chi connectivity index (χ3v) is 5.68. The molecule has 2 unspecified atom stereocenters. The lowest BCUT2D eigenvalue weighted by Gasteiger charge is -2.19. The first-order chi connectivity index (χ1) is 17.1. The van der Waals surface area contributed by atoms with Crippen molar-refractivity contribution in [2.75, 3.05) is 14.2 Å². The molecule has 0 aliphatic rings. The van der Waals surface area contributed by atoms with Crippen LogP contribution in [0.15, 0.2) is 62.4 Å². The predicted octanol–water partition coefficient (Wildman–Crippen LogP) is 3.44. The summed E-state index contributed by atoms with van der Waals surface area (Å²) in [5, 5.41) is 20.0. The fourth-order valence-corrected chi connectivity index (χ4v) is 3.53. The quantitative estimate of drug-likeness (QED) is 0.231. The number of nitrogens with one attached hydrogen (secondary N) is 1. The Kier molecular flexibility index (Phi) is 8.22. The van der Waals surface area contributed by atoms with Crippen LogP contribution in [0.4, 0.5) is 11.4 Å². The number of methoxy groups -OCH3 is 2. The SMILES string of the molecule is COC(C)Oc1cc(OC(C)OC)c(S(=O)(=O)O)cc1N=Nc1c(C#N)[nH]n(-c2ccccc2)c1=O. The predicted molar refractivity (Wildman–Crippen MR) is 126 cm³/mol. The molecule has 190 valence electrons. The Morgan fingerprint density at radius 3 is 2.19 bits per heavy atom. The molecule has 0 amide bonds. The van der Waals surface area contributed by atoms with Crippen LogP contribution >= 0.6 is 0 Å². The Bertz CT molecular complexity index is 1460. The zero-order valence-electron chi connectivity index (χ0n) is 19.7. The number of hydrogen-bond donors (Lipinski definition) is 2. The van der Waals surface area contributed by atoms with Gasteiger partial charge in [0.2, 0.25) is 0 Å². The number of benzene rings is 2. The second-order valence-corrected chi connectivity index (χ2v) is 8.60. The van der Waals surface area contributed by atoms with E-state index in [1.807, 2.05) is 6.07 Å². The third-order valence-electron chi connectivity index (χ3n) is 4.80. The van der Waals surface area contributed by atoms with E-state index < -0.39 is 33.2 Å². The summed E-state index contributed by atoms with van der Waals surface area (Å²) in [5.74, 6) is -0.328. The molecular formula is C22H23N5O8S. The summed E-state index contributed by atoms with van der Waals surface area (Å²) in [6, 6.07) is 12.4. The van der Waals surface area contributed by atoms with E-state index in [0.717, 1.165) is 16.8 Å². The van der Waals surface area contributed by atoms with E-state index in [9.17, 15) is 23.0 Å². The molecule has 14 heteroatoms. The zero-order valence-corrected chi connectivity index (χ0v) is 20.5. The average Bonchev–Trinajstić information content (AvgIpc) is 3.18. The minimum atomic E-state index is -4.79. The highest BCUT2D eigenvalue weighted by Crippen LogP contribution is 2.39. The second kappa shape index (κ2) is 11.1. The third kappa shape index (κ3) is 5.96. The first kappa shape index (κ1) is 26.6. The molecule has 13 nitrogen and oxygen atoms in total. The summed E-state index contributed by atoms with van der Waals surface area (Å²) in [6.07, 6.45) is -1.68. The highest BCUT2D eigenvalue weighted by atomic mass is 32.2. The summed E-state index contributed by atoms with van der Waals surface area (Å²) in [5.41, 5.74) is -0.906. The molecule has 0 saturated heterocycles. The first-order valence-corrected chi connectivity index (χ1v) is 11.8. The Morgan fingerprint density at radius 2 is 1.64 bits per heavy atom. The maximum atomic E-state index is 12.9. The number of aromatic amines is 1. The summed E-state index contributed by atoms with van der Waals surface area (Å²) in [6.45, 7) is 3.07. The normalized spacial score (nSPS) is 13.3. The minimum Gasteiger partial charge on any atom is -0.464 e. The molecule has 1 heterocycles. The molecule has 0 aliphatic carbocycles. The molecule has 36 heavy (non-hydrogen) atoms. The van der Waals surface area contributed by atoms with Gasteiger partial charge >= 0.3 is 0 Å². The van der Waals surface area contributed by atoms with E-state index in [0.29, 0.717) is 5.69 Å². The number of aromatic nitrogens is 2. The Hall–Kier alpha value is -4.03. The van der Waals surface area contributed by atoms with Crippen molar-refractivity contribution in [2.24, 2.45) is 10.2 Å². The van der Waals surface area contributed by atoms with Gasteiger partial charge in [-0.2, -0.15) is 13.7 Å². The maximum Gasteiger partial charge on any atom is 0.300 e. The highest BCUT2D eigenvalue weighted by molar-refractivity contribution is 7.86. The average molecular weight is 518 g/mol. The van der Waals surface area contributed by atoms with Crippen molar-refractivity contribution in [1.29, 1.82) is 5.26 Å². The molecule has 2 N–H and O–H groups in total.